The molecule has 1 heterocycles. The van der Waals surface area contributed by atoms with E-state index in [2.05, 4.69) is 62.5 Å². The number of hydrogen-bond donors (Lipinski definition) is 1. The fraction of sp³-hybridized carbons (Fsp3) is 0.750. The molecule has 3 unspecified atom stereocenters. The van der Waals surface area contributed by atoms with Crippen LogP contribution >= 0.6 is 11.3 Å². The molecule has 3 atom stereocenters. The van der Waals surface area contributed by atoms with Gasteiger partial charge in [-0.15, -0.1) is 11.3 Å². The molecule has 2 nitrogen and oxygen atoms in total. The standard InChI is InChI=1S/C16H28N2S/c1-12(15-7-6-10-19-15)18(5)14-9-8-13(14)11-17-16(2,3)4/h6-7,10,12-14,17H,8-9,11H2,1-5H3. The molecule has 1 saturated carbocycles. The first-order valence-corrected chi connectivity index (χ1v) is 8.27. The number of nitrogens with zero attached hydrogens (tertiary/aromatic N) is 1. The second-order valence-corrected chi connectivity index (χ2v) is 7.87. The van der Waals surface area contributed by atoms with E-state index in [1.165, 1.54) is 17.7 Å². The molecule has 1 aromatic heterocycles. The molecule has 1 aliphatic carbocycles. The zero-order valence-electron chi connectivity index (χ0n) is 12.9. The molecular weight excluding hydrogens is 252 g/mol. The molecule has 0 aliphatic heterocycles. The van der Waals surface area contributed by atoms with Crippen molar-refractivity contribution in [2.75, 3.05) is 13.6 Å². The SMILES string of the molecule is CC(c1cccs1)N(C)C1CCC1CNC(C)(C)C. The van der Waals surface area contributed by atoms with Gasteiger partial charge in [-0.1, -0.05) is 6.07 Å². The first-order chi connectivity index (χ1) is 8.88. The lowest BCUT2D eigenvalue weighted by molar-refractivity contribution is 0.0526. The predicted octanol–water partition coefficient (Wildman–Crippen LogP) is 3.91. The largest absolute Gasteiger partial charge is 0.312 e. The first kappa shape index (κ1) is 15.0. The van der Waals surface area contributed by atoms with Crippen LogP contribution in [0.3, 0.4) is 0 Å². The molecule has 1 aliphatic rings. The highest BCUT2D eigenvalue weighted by Crippen LogP contribution is 2.36. The van der Waals surface area contributed by atoms with Crippen molar-refractivity contribution < 1.29 is 0 Å². The lowest BCUT2D eigenvalue weighted by Crippen LogP contribution is -2.52. The second kappa shape index (κ2) is 5.94. The molecule has 1 fully saturated rings. The lowest BCUT2D eigenvalue weighted by Gasteiger charge is -2.46. The van der Waals surface area contributed by atoms with Gasteiger partial charge in [0.2, 0.25) is 0 Å². The summed E-state index contributed by atoms with van der Waals surface area (Å²) in [5.41, 5.74) is 0.234. The van der Waals surface area contributed by atoms with Crippen molar-refractivity contribution in [3.8, 4) is 0 Å². The Morgan fingerprint density at radius 3 is 2.63 bits per heavy atom. The predicted molar refractivity (Wildman–Crippen MR) is 84.8 cm³/mol. The van der Waals surface area contributed by atoms with E-state index in [1.807, 2.05) is 11.3 Å². The Morgan fingerprint density at radius 2 is 2.16 bits per heavy atom. The summed E-state index contributed by atoms with van der Waals surface area (Å²) in [5.74, 6) is 0.812. The zero-order valence-corrected chi connectivity index (χ0v) is 13.8. The maximum atomic E-state index is 3.66. The first-order valence-electron chi connectivity index (χ1n) is 7.39. The quantitative estimate of drug-likeness (QED) is 0.880. The van der Waals surface area contributed by atoms with Crippen molar-refractivity contribution in [1.29, 1.82) is 0 Å². The molecule has 3 heteroatoms. The molecule has 2 rings (SSSR count). The van der Waals surface area contributed by atoms with Gasteiger partial charge >= 0.3 is 0 Å². The van der Waals surface area contributed by atoms with Crippen LogP contribution in [0.15, 0.2) is 17.5 Å². The van der Waals surface area contributed by atoms with Gasteiger partial charge in [0, 0.05) is 22.5 Å². The van der Waals surface area contributed by atoms with Gasteiger partial charge in [-0.2, -0.15) is 0 Å². The fourth-order valence-electron chi connectivity index (χ4n) is 2.78. The minimum atomic E-state index is 0.234. The number of rotatable bonds is 5. The minimum Gasteiger partial charge on any atom is -0.312 e. The van der Waals surface area contributed by atoms with Crippen molar-refractivity contribution in [3.05, 3.63) is 22.4 Å². The van der Waals surface area contributed by atoms with Crippen molar-refractivity contribution in [3.63, 3.8) is 0 Å². The van der Waals surface area contributed by atoms with Gasteiger partial charge < -0.3 is 5.32 Å². The Balaban J connectivity index is 1.87. The van der Waals surface area contributed by atoms with Crippen molar-refractivity contribution in [1.82, 2.24) is 10.2 Å². The Kier molecular flexibility index (Phi) is 4.70. The Hall–Kier alpha value is -0.380. The van der Waals surface area contributed by atoms with Crippen LogP contribution in [0.25, 0.3) is 0 Å². The van der Waals surface area contributed by atoms with Crippen LogP contribution in [0.5, 0.6) is 0 Å². The lowest BCUT2D eigenvalue weighted by atomic mass is 9.77. The maximum Gasteiger partial charge on any atom is 0.0413 e. The third-order valence-electron chi connectivity index (χ3n) is 4.36. The highest BCUT2D eigenvalue weighted by molar-refractivity contribution is 7.10. The molecule has 0 spiro atoms. The molecule has 0 aromatic carbocycles. The van der Waals surface area contributed by atoms with Crippen LogP contribution in [0, 0.1) is 5.92 Å². The van der Waals surface area contributed by atoms with E-state index >= 15 is 0 Å². The van der Waals surface area contributed by atoms with Gasteiger partial charge in [-0.25, -0.2) is 0 Å². The van der Waals surface area contributed by atoms with E-state index in [0.29, 0.717) is 6.04 Å². The molecule has 1 aromatic rings. The zero-order chi connectivity index (χ0) is 14.0. The van der Waals surface area contributed by atoms with Gasteiger partial charge in [0.05, 0.1) is 0 Å². The molecule has 0 bridgehead atoms. The van der Waals surface area contributed by atoms with Crippen LogP contribution < -0.4 is 5.32 Å². The van der Waals surface area contributed by atoms with Crippen molar-refractivity contribution in [2.24, 2.45) is 5.92 Å². The Morgan fingerprint density at radius 1 is 1.42 bits per heavy atom. The van der Waals surface area contributed by atoms with Gasteiger partial charge in [0.15, 0.2) is 0 Å². The third-order valence-corrected chi connectivity index (χ3v) is 5.40. The summed E-state index contributed by atoms with van der Waals surface area (Å²) in [5, 5.41) is 5.84. The Labute approximate surface area is 122 Å². The van der Waals surface area contributed by atoms with Crippen LogP contribution in [-0.4, -0.2) is 30.1 Å². The molecule has 1 N–H and O–H groups in total. The van der Waals surface area contributed by atoms with Crippen molar-refractivity contribution >= 4 is 11.3 Å². The monoisotopic (exact) mass is 280 g/mol. The number of nitrogens with one attached hydrogen (secondary N) is 1. The number of thiophene rings is 1. The third kappa shape index (κ3) is 3.80. The van der Waals surface area contributed by atoms with E-state index in [4.69, 9.17) is 0 Å². The van der Waals surface area contributed by atoms with E-state index in [-0.39, 0.29) is 5.54 Å². The summed E-state index contributed by atoms with van der Waals surface area (Å²) in [6.45, 7) is 10.2. The van der Waals surface area contributed by atoms with Gasteiger partial charge in [-0.05, 0) is 71.5 Å². The average molecular weight is 280 g/mol. The summed E-state index contributed by atoms with van der Waals surface area (Å²) in [7, 11) is 2.29. The van der Waals surface area contributed by atoms with E-state index in [1.54, 1.807) is 0 Å². The number of hydrogen-bond acceptors (Lipinski definition) is 3. The molecule has 0 saturated heterocycles. The summed E-state index contributed by atoms with van der Waals surface area (Å²) in [4.78, 5) is 4.06. The summed E-state index contributed by atoms with van der Waals surface area (Å²) in [6, 6.07) is 5.70. The summed E-state index contributed by atoms with van der Waals surface area (Å²) >= 11 is 1.87. The van der Waals surface area contributed by atoms with E-state index in [0.717, 1.165) is 18.5 Å². The summed E-state index contributed by atoms with van der Waals surface area (Å²) < 4.78 is 0. The second-order valence-electron chi connectivity index (χ2n) is 6.89. The van der Waals surface area contributed by atoms with Crippen LogP contribution in [-0.2, 0) is 0 Å². The van der Waals surface area contributed by atoms with Crippen molar-refractivity contribution in [2.45, 2.75) is 58.2 Å². The topological polar surface area (TPSA) is 15.3 Å². The van der Waals surface area contributed by atoms with E-state index in [9.17, 15) is 0 Å². The average Bonchev–Trinajstić information content (AvgIpc) is 2.78. The maximum absolute atomic E-state index is 3.66. The Bertz CT molecular complexity index is 380. The smallest absolute Gasteiger partial charge is 0.0413 e. The van der Waals surface area contributed by atoms with E-state index < -0.39 is 0 Å². The van der Waals surface area contributed by atoms with Gasteiger partial charge in [0.1, 0.15) is 0 Å². The fourth-order valence-corrected chi connectivity index (χ4v) is 3.61. The van der Waals surface area contributed by atoms with Gasteiger partial charge in [-0.3, -0.25) is 4.90 Å². The molecule has 0 amide bonds. The molecule has 19 heavy (non-hydrogen) atoms. The highest BCUT2D eigenvalue weighted by Gasteiger charge is 2.36. The summed E-state index contributed by atoms with van der Waals surface area (Å²) in [6.07, 6.45) is 2.72. The molecule has 108 valence electrons. The van der Waals surface area contributed by atoms with Gasteiger partial charge in [0.25, 0.3) is 0 Å². The van der Waals surface area contributed by atoms with Crippen LogP contribution in [0.1, 0.15) is 51.5 Å². The van der Waals surface area contributed by atoms with Crippen LogP contribution in [0.2, 0.25) is 0 Å². The highest BCUT2D eigenvalue weighted by atomic mass is 32.1. The molecular formula is C16H28N2S. The van der Waals surface area contributed by atoms with Crippen LogP contribution in [0.4, 0.5) is 0 Å². The molecule has 0 radical (unpaired) electrons. The minimum absolute atomic E-state index is 0.234. The normalized spacial score (nSPS) is 25.4.